The molecule has 74 valence electrons. The number of carbonyl (C=O) groups is 1. The van der Waals surface area contributed by atoms with Gasteiger partial charge in [0.2, 0.25) is 5.91 Å². The van der Waals surface area contributed by atoms with Crippen molar-refractivity contribution in [3.8, 4) is 0 Å². The van der Waals surface area contributed by atoms with Crippen molar-refractivity contribution in [1.82, 2.24) is 10.2 Å². The van der Waals surface area contributed by atoms with Gasteiger partial charge in [-0.1, -0.05) is 11.1 Å². The van der Waals surface area contributed by atoms with Crippen molar-refractivity contribution in [2.24, 2.45) is 0 Å². The largest absolute Gasteiger partial charge is 0.358 e. The number of hydrogen-bond acceptors (Lipinski definition) is 2. The van der Waals surface area contributed by atoms with Gasteiger partial charge >= 0.3 is 0 Å². The summed E-state index contributed by atoms with van der Waals surface area (Å²) in [5.41, 5.74) is 2.89. The minimum absolute atomic E-state index is 0.104. The molecule has 1 N–H and O–H groups in total. The van der Waals surface area contributed by atoms with E-state index in [9.17, 15) is 4.79 Å². The summed E-state index contributed by atoms with van der Waals surface area (Å²) in [4.78, 5) is 13.3. The molecule has 0 aromatic rings. The highest BCUT2D eigenvalue weighted by atomic mass is 16.1. The zero-order valence-electron chi connectivity index (χ0n) is 8.68. The zero-order chi connectivity index (χ0) is 9.84. The van der Waals surface area contributed by atoms with E-state index in [1.54, 1.807) is 7.05 Å². The van der Waals surface area contributed by atoms with E-state index in [4.69, 9.17) is 0 Å². The van der Waals surface area contributed by atoms with Gasteiger partial charge in [0, 0.05) is 20.1 Å². The number of rotatable bonds is 2. The first-order valence-corrected chi connectivity index (χ1v) is 4.71. The van der Waals surface area contributed by atoms with Crippen LogP contribution in [0, 0.1) is 0 Å². The van der Waals surface area contributed by atoms with Crippen molar-refractivity contribution in [2.45, 2.75) is 20.3 Å². The highest BCUT2D eigenvalue weighted by Crippen LogP contribution is 2.15. The number of hydrogen-bond donors (Lipinski definition) is 1. The lowest BCUT2D eigenvalue weighted by Gasteiger charge is -2.27. The second-order valence-corrected chi connectivity index (χ2v) is 3.69. The molecule has 0 radical (unpaired) electrons. The quantitative estimate of drug-likeness (QED) is 0.640. The smallest absolute Gasteiger partial charge is 0.233 e. The van der Waals surface area contributed by atoms with Crippen LogP contribution in [-0.2, 0) is 4.79 Å². The maximum Gasteiger partial charge on any atom is 0.233 e. The Hall–Kier alpha value is -0.830. The fraction of sp³-hybridized carbons (Fsp3) is 0.700. The first-order valence-electron chi connectivity index (χ1n) is 4.71. The summed E-state index contributed by atoms with van der Waals surface area (Å²) in [5.74, 6) is 0.104. The maximum absolute atomic E-state index is 11.1. The predicted molar refractivity (Wildman–Crippen MR) is 53.5 cm³/mol. The summed E-state index contributed by atoms with van der Waals surface area (Å²) >= 11 is 0. The van der Waals surface area contributed by atoms with Crippen LogP contribution in [0.2, 0.25) is 0 Å². The van der Waals surface area contributed by atoms with Gasteiger partial charge in [0.25, 0.3) is 0 Å². The summed E-state index contributed by atoms with van der Waals surface area (Å²) < 4.78 is 0. The molecule has 0 atom stereocenters. The molecule has 0 fully saturated rings. The van der Waals surface area contributed by atoms with Gasteiger partial charge in [-0.05, 0) is 20.3 Å². The third-order valence-electron chi connectivity index (χ3n) is 2.64. The molecule has 0 spiro atoms. The fourth-order valence-corrected chi connectivity index (χ4v) is 1.51. The van der Waals surface area contributed by atoms with Crippen LogP contribution in [0.15, 0.2) is 11.1 Å². The Kier molecular flexibility index (Phi) is 3.48. The monoisotopic (exact) mass is 182 g/mol. The van der Waals surface area contributed by atoms with E-state index in [1.807, 2.05) is 0 Å². The standard InChI is InChI=1S/C10H18N2O/c1-8-4-5-12(6-9(8)2)7-10(13)11-3/h4-7H2,1-3H3,(H,11,13). The summed E-state index contributed by atoms with van der Waals surface area (Å²) in [7, 11) is 1.68. The van der Waals surface area contributed by atoms with E-state index in [1.165, 1.54) is 11.1 Å². The molecule has 0 saturated heterocycles. The molecule has 13 heavy (non-hydrogen) atoms. The van der Waals surface area contributed by atoms with E-state index in [2.05, 4.69) is 24.1 Å². The first kappa shape index (κ1) is 10.3. The third-order valence-corrected chi connectivity index (χ3v) is 2.64. The molecule has 0 aliphatic carbocycles. The summed E-state index contributed by atoms with van der Waals surface area (Å²) in [6, 6.07) is 0. The normalized spacial score (nSPS) is 19.0. The van der Waals surface area contributed by atoms with Crippen molar-refractivity contribution in [3.05, 3.63) is 11.1 Å². The van der Waals surface area contributed by atoms with Crippen LogP contribution in [-0.4, -0.2) is 37.5 Å². The van der Waals surface area contributed by atoms with Crippen LogP contribution in [0.3, 0.4) is 0 Å². The lowest BCUT2D eigenvalue weighted by atomic mass is 10.0. The number of amides is 1. The highest BCUT2D eigenvalue weighted by molar-refractivity contribution is 5.77. The Morgan fingerprint density at radius 3 is 2.69 bits per heavy atom. The number of carbonyl (C=O) groups excluding carboxylic acids is 1. The van der Waals surface area contributed by atoms with Gasteiger partial charge in [-0.3, -0.25) is 9.69 Å². The molecular weight excluding hydrogens is 164 g/mol. The Bertz CT molecular complexity index is 233. The van der Waals surface area contributed by atoms with Crippen LogP contribution in [0.25, 0.3) is 0 Å². The van der Waals surface area contributed by atoms with Gasteiger partial charge in [-0.2, -0.15) is 0 Å². The number of likely N-dealkylation sites (N-methyl/N-ethyl adjacent to an activating group) is 1. The van der Waals surface area contributed by atoms with E-state index >= 15 is 0 Å². The SMILES string of the molecule is CNC(=O)CN1CCC(C)=C(C)C1. The van der Waals surface area contributed by atoms with Crippen LogP contribution in [0.5, 0.6) is 0 Å². The lowest BCUT2D eigenvalue weighted by Crippen LogP contribution is -2.39. The van der Waals surface area contributed by atoms with Crippen LogP contribution >= 0.6 is 0 Å². The molecule has 1 aliphatic heterocycles. The molecule has 0 bridgehead atoms. The molecule has 0 saturated carbocycles. The second-order valence-electron chi connectivity index (χ2n) is 3.69. The van der Waals surface area contributed by atoms with Crippen molar-refractivity contribution in [2.75, 3.05) is 26.7 Å². The minimum Gasteiger partial charge on any atom is -0.358 e. The van der Waals surface area contributed by atoms with E-state index in [0.717, 1.165) is 19.5 Å². The minimum atomic E-state index is 0.104. The topological polar surface area (TPSA) is 32.3 Å². The van der Waals surface area contributed by atoms with Crippen LogP contribution in [0.1, 0.15) is 20.3 Å². The van der Waals surface area contributed by atoms with Gasteiger partial charge in [0.05, 0.1) is 6.54 Å². The van der Waals surface area contributed by atoms with Gasteiger partial charge < -0.3 is 5.32 Å². The van der Waals surface area contributed by atoms with Crippen molar-refractivity contribution >= 4 is 5.91 Å². The van der Waals surface area contributed by atoms with Gasteiger partial charge in [0.15, 0.2) is 0 Å². The zero-order valence-corrected chi connectivity index (χ0v) is 8.68. The number of nitrogens with one attached hydrogen (secondary N) is 1. The van der Waals surface area contributed by atoms with E-state index in [-0.39, 0.29) is 5.91 Å². The average Bonchev–Trinajstić information content (AvgIpc) is 2.11. The molecule has 1 rings (SSSR count). The highest BCUT2D eigenvalue weighted by Gasteiger charge is 2.15. The summed E-state index contributed by atoms with van der Waals surface area (Å²) in [6.07, 6.45) is 1.10. The molecule has 1 amide bonds. The van der Waals surface area contributed by atoms with E-state index < -0.39 is 0 Å². The average molecular weight is 182 g/mol. The lowest BCUT2D eigenvalue weighted by molar-refractivity contribution is -0.121. The molecule has 3 nitrogen and oxygen atoms in total. The van der Waals surface area contributed by atoms with Crippen molar-refractivity contribution < 1.29 is 4.79 Å². The maximum atomic E-state index is 11.1. The van der Waals surface area contributed by atoms with Gasteiger partial charge in [-0.15, -0.1) is 0 Å². The molecule has 3 heteroatoms. The molecule has 1 aliphatic rings. The molecule has 0 aromatic heterocycles. The summed E-state index contributed by atoms with van der Waals surface area (Å²) in [6.45, 7) is 6.80. The molecule has 0 unspecified atom stereocenters. The first-order chi connectivity index (χ1) is 6.13. The van der Waals surface area contributed by atoms with Gasteiger partial charge in [0.1, 0.15) is 0 Å². The van der Waals surface area contributed by atoms with E-state index in [0.29, 0.717) is 6.54 Å². The molecule has 0 aromatic carbocycles. The van der Waals surface area contributed by atoms with Gasteiger partial charge in [-0.25, -0.2) is 0 Å². The predicted octanol–water partition coefficient (Wildman–Crippen LogP) is 0.774. The Labute approximate surface area is 79.8 Å². The second kappa shape index (κ2) is 4.42. The Morgan fingerprint density at radius 2 is 2.15 bits per heavy atom. The van der Waals surface area contributed by atoms with Crippen LogP contribution in [0.4, 0.5) is 0 Å². The fourth-order valence-electron chi connectivity index (χ4n) is 1.51. The summed E-state index contributed by atoms with van der Waals surface area (Å²) in [5, 5.41) is 2.64. The Morgan fingerprint density at radius 1 is 1.46 bits per heavy atom. The molecule has 1 heterocycles. The van der Waals surface area contributed by atoms with Crippen molar-refractivity contribution in [1.29, 1.82) is 0 Å². The number of nitrogens with zero attached hydrogens (tertiary/aromatic N) is 1. The van der Waals surface area contributed by atoms with Crippen LogP contribution < -0.4 is 5.32 Å². The third kappa shape index (κ3) is 2.84. The molecular formula is C10H18N2O. The Balaban J connectivity index is 2.44. The van der Waals surface area contributed by atoms with Crippen molar-refractivity contribution in [3.63, 3.8) is 0 Å².